The van der Waals surface area contributed by atoms with Crippen LogP contribution in [0.4, 0.5) is 0 Å². The van der Waals surface area contributed by atoms with Crippen LogP contribution in [0, 0.1) is 0 Å². The van der Waals surface area contributed by atoms with Crippen LogP contribution in [-0.4, -0.2) is 30.5 Å². The number of hydrogen-bond acceptors (Lipinski definition) is 3. The van der Waals surface area contributed by atoms with Gasteiger partial charge in [-0.1, -0.05) is 54.3 Å². The summed E-state index contributed by atoms with van der Waals surface area (Å²) in [6.45, 7) is 0.982. The molecule has 0 aliphatic carbocycles. The molecule has 0 amide bonds. The molecule has 1 saturated heterocycles. The van der Waals surface area contributed by atoms with Gasteiger partial charge in [0.05, 0.1) is 17.3 Å². The Balaban J connectivity index is 1.82. The highest BCUT2D eigenvalue weighted by atomic mass is 16.3. The number of aliphatic hydroxyl groups excluding tert-OH is 1. The lowest BCUT2D eigenvalue weighted by Gasteiger charge is -2.29. The lowest BCUT2D eigenvalue weighted by molar-refractivity contribution is 0.115. The Morgan fingerprint density at radius 1 is 1.08 bits per heavy atom. The highest BCUT2D eigenvalue weighted by Crippen LogP contribution is 2.31. The summed E-state index contributed by atoms with van der Waals surface area (Å²) in [4.78, 5) is 4.83. The molecule has 2 heterocycles. The largest absolute Gasteiger partial charge is 0.387 e. The molecule has 1 aliphatic heterocycles. The Labute approximate surface area is 149 Å². The van der Waals surface area contributed by atoms with Gasteiger partial charge in [-0.05, 0) is 37.1 Å². The molecular weight excluding hydrogens is 307 g/mol. The molecule has 4 rings (SSSR count). The Morgan fingerprint density at radius 2 is 1.88 bits per heavy atom. The Kier molecular flexibility index (Phi) is 4.56. The number of fused-ring (bicyclic) bond motifs is 1. The van der Waals surface area contributed by atoms with Crippen LogP contribution in [0.3, 0.4) is 0 Å². The van der Waals surface area contributed by atoms with Crippen molar-refractivity contribution >= 4 is 24.2 Å². The zero-order valence-corrected chi connectivity index (χ0v) is 14.6. The lowest BCUT2D eigenvalue weighted by Crippen LogP contribution is -2.38. The van der Waals surface area contributed by atoms with Crippen molar-refractivity contribution in [2.24, 2.45) is 0 Å². The first-order valence-corrected chi connectivity index (χ1v) is 9.10. The molecule has 126 valence electrons. The number of para-hydroxylation sites is 1. The van der Waals surface area contributed by atoms with E-state index in [2.05, 4.69) is 49.6 Å². The van der Waals surface area contributed by atoms with Crippen LogP contribution in [0.15, 0.2) is 54.6 Å². The summed E-state index contributed by atoms with van der Waals surface area (Å²) in [5.41, 5.74) is 5.15. The molecule has 0 unspecified atom stereocenters. The van der Waals surface area contributed by atoms with Gasteiger partial charge in [0, 0.05) is 17.0 Å². The molecule has 2 atom stereocenters. The minimum atomic E-state index is -0.516. The molecule has 0 saturated carbocycles. The van der Waals surface area contributed by atoms with Gasteiger partial charge in [0.2, 0.25) is 0 Å². The first-order chi connectivity index (χ1) is 12.2. The summed E-state index contributed by atoms with van der Waals surface area (Å²) in [5, 5.41) is 15.6. The van der Waals surface area contributed by atoms with Crippen LogP contribution < -0.4 is 10.8 Å². The van der Waals surface area contributed by atoms with Gasteiger partial charge in [-0.3, -0.25) is 0 Å². The third-order valence-electron chi connectivity index (χ3n) is 5.14. The van der Waals surface area contributed by atoms with Crippen LogP contribution >= 0.6 is 0 Å². The van der Waals surface area contributed by atoms with E-state index in [4.69, 9.17) is 4.98 Å². The van der Waals surface area contributed by atoms with Crippen LogP contribution in [0.25, 0.3) is 22.2 Å². The number of nitrogens with one attached hydrogen (secondary N) is 1. The molecule has 1 aromatic heterocycles. The molecule has 1 fully saturated rings. The predicted octanol–water partition coefficient (Wildman–Crippen LogP) is 2.34. The maximum atomic E-state index is 11.1. The summed E-state index contributed by atoms with van der Waals surface area (Å²) in [6, 6.07) is 18.7. The minimum absolute atomic E-state index is 0.116. The van der Waals surface area contributed by atoms with Crippen molar-refractivity contribution in [1.29, 1.82) is 0 Å². The average Bonchev–Trinajstić information content (AvgIpc) is 2.68. The second-order valence-corrected chi connectivity index (χ2v) is 6.98. The molecule has 0 spiro atoms. The molecule has 0 bridgehead atoms. The van der Waals surface area contributed by atoms with Gasteiger partial charge < -0.3 is 10.4 Å². The van der Waals surface area contributed by atoms with Gasteiger partial charge in [0.1, 0.15) is 7.85 Å². The van der Waals surface area contributed by atoms with E-state index in [1.165, 1.54) is 18.3 Å². The summed E-state index contributed by atoms with van der Waals surface area (Å²) >= 11 is 0. The van der Waals surface area contributed by atoms with Crippen LogP contribution in [-0.2, 0) is 0 Å². The molecular formula is C21H23BN2O. The third-order valence-corrected chi connectivity index (χ3v) is 5.14. The van der Waals surface area contributed by atoms with Gasteiger partial charge in [-0.15, -0.1) is 0 Å². The molecule has 2 aromatic carbocycles. The Morgan fingerprint density at radius 3 is 2.64 bits per heavy atom. The number of aromatic nitrogens is 1. The molecule has 0 radical (unpaired) electrons. The quantitative estimate of drug-likeness (QED) is 0.725. The monoisotopic (exact) mass is 330 g/mol. The van der Waals surface area contributed by atoms with Crippen molar-refractivity contribution < 1.29 is 5.11 Å². The van der Waals surface area contributed by atoms with Gasteiger partial charge in [0.15, 0.2) is 0 Å². The van der Waals surface area contributed by atoms with Crippen LogP contribution in [0.2, 0.25) is 0 Å². The lowest BCUT2D eigenvalue weighted by atomic mass is 9.91. The van der Waals surface area contributed by atoms with E-state index < -0.39 is 6.10 Å². The summed E-state index contributed by atoms with van der Waals surface area (Å²) in [7, 11) is 2.08. The van der Waals surface area contributed by atoms with Crippen LogP contribution in [0.5, 0.6) is 0 Å². The minimum Gasteiger partial charge on any atom is -0.387 e. The SMILES string of the molecule is Bc1ccc(-c2cc([C@@H](O)[C@H]3CCCCN3)c3ccccc3n2)cc1. The zero-order valence-electron chi connectivity index (χ0n) is 14.6. The Hall–Kier alpha value is -2.17. The summed E-state index contributed by atoms with van der Waals surface area (Å²) in [6.07, 6.45) is 2.85. The molecule has 3 nitrogen and oxygen atoms in total. The van der Waals surface area contributed by atoms with E-state index in [0.717, 1.165) is 40.7 Å². The van der Waals surface area contributed by atoms with Crippen molar-refractivity contribution in [3.63, 3.8) is 0 Å². The maximum Gasteiger partial charge on any atom is 0.139 e. The molecule has 4 heteroatoms. The zero-order chi connectivity index (χ0) is 17.2. The standard InChI is InChI=1S/C21H23BN2O/c22-15-10-8-14(9-11-15)20-13-17(16-5-1-2-6-18(16)24-20)21(25)19-7-3-4-12-23-19/h1-2,5-6,8-11,13,19,21,23,25H,3-4,7,12,22H2/t19-,21-/m1/s1. The number of pyridine rings is 1. The average molecular weight is 330 g/mol. The number of aliphatic hydroxyl groups is 1. The smallest absolute Gasteiger partial charge is 0.139 e. The van der Waals surface area contributed by atoms with E-state index in [0.29, 0.717) is 0 Å². The van der Waals surface area contributed by atoms with E-state index in [9.17, 15) is 5.11 Å². The molecule has 3 aromatic rings. The topological polar surface area (TPSA) is 45.1 Å². The first kappa shape index (κ1) is 16.3. The van der Waals surface area contributed by atoms with Crippen molar-refractivity contribution in [3.8, 4) is 11.3 Å². The van der Waals surface area contributed by atoms with Crippen molar-refractivity contribution in [1.82, 2.24) is 10.3 Å². The molecule has 2 N–H and O–H groups in total. The highest BCUT2D eigenvalue weighted by Gasteiger charge is 2.25. The normalized spacial score (nSPS) is 19.0. The third kappa shape index (κ3) is 3.32. The summed E-state index contributed by atoms with van der Waals surface area (Å²) in [5.74, 6) is 0. The first-order valence-electron chi connectivity index (χ1n) is 9.10. The van der Waals surface area contributed by atoms with Gasteiger partial charge in [-0.2, -0.15) is 0 Å². The fourth-order valence-corrected chi connectivity index (χ4v) is 3.68. The van der Waals surface area contributed by atoms with E-state index in [1.807, 2.05) is 18.2 Å². The van der Waals surface area contributed by atoms with Crippen molar-refractivity contribution in [2.45, 2.75) is 31.4 Å². The van der Waals surface area contributed by atoms with Gasteiger partial charge in [0.25, 0.3) is 0 Å². The Bertz CT molecular complexity index is 873. The number of nitrogens with zero attached hydrogens (tertiary/aromatic N) is 1. The number of benzene rings is 2. The molecule has 25 heavy (non-hydrogen) atoms. The predicted molar refractivity (Wildman–Crippen MR) is 106 cm³/mol. The van der Waals surface area contributed by atoms with E-state index in [-0.39, 0.29) is 6.04 Å². The van der Waals surface area contributed by atoms with E-state index >= 15 is 0 Å². The fraction of sp³-hybridized carbons (Fsp3) is 0.286. The number of hydrogen-bond donors (Lipinski definition) is 2. The van der Waals surface area contributed by atoms with Gasteiger partial charge in [-0.25, -0.2) is 4.98 Å². The van der Waals surface area contributed by atoms with Crippen molar-refractivity contribution in [3.05, 3.63) is 60.2 Å². The number of rotatable bonds is 3. The highest BCUT2D eigenvalue weighted by molar-refractivity contribution is 6.32. The summed E-state index contributed by atoms with van der Waals surface area (Å²) < 4.78 is 0. The fourth-order valence-electron chi connectivity index (χ4n) is 3.68. The van der Waals surface area contributed by atoms with E-state index in [1.54, 1.807) is 0 Å². The number of piperidine rings is 1. The van der Waals surface area contributed by atoms with Crippen LogP contribution in [0.1, 0.15) is 30.9 Å². The second kappa shape index (κ2) is 6.99. The maximum absolute atomic E-state index is 11.1. The van der Waals surface area contributed by atoms with Gasteiger partial charge >= 0.3 is 0 Å². The molecule has 1 aliphatic rings. The van der Waals surface area contributed by atoms with Crippen molar-refractivity contribution in [2.75, 3.05) is 6.54 Å². The second-order valence-electron chi connectivity index (χ2n) is 6.98.